The third kappa shape index (κ3) is 4.58. The Morgan fingerprint density at radius 1 is 1.10 bits per heavy atom. The summed E-state index contributed by atoms with van der Waals surface area (Å²) in [6.07, 6.45) is 2.47. The predicted octanol–water partition coefficient (Wildman–Crippen LogP) is 4.07. The average molecular weight is 415 g/mol. The van der Waals surface area contributed by atoms with Crippen LogP contribution in [0, 0.1) is 13.8 Å². The molecule has 0 bridgehead atoms. The van der Waals surface area contributed by atoms with Crippen molar-refractivity contribution in [3.63, 3.8) is 0 Å². The third-order valence-corrected chi connectivity index (χ3v) is 5.62. The highest BCUT2D eigenvalue weighted by atomic mass is 16.2. The van der Waals surface area contributed by atoms with Gasteiger partial charge in [0, 0.05) is 29.6 Å². The van der Waals surface area contributed by atoms with E-state index in [9.17, 15) is 9.59 Å². The van der Waals surface area contributed by atoms with E-state index in [0.29, 0.717) is 17.9 Å². The van der Waals surface area contributed by atoms with E-state index in [-0.39, 0.29) is 17.4 Å². The highest BCUT2D eigenvalue weighted by molar-refractivity contribution is 5.85. The molecule has 0 aliphatic heterocycles. The first kappa shape index (κ1) is 20.6. The van der Waals surface area contributed by atoms with Gasteiger partial charge in [-0.25, -0.2) is 4.98 Å². The Labute approximate surface area is 180 Å². The number of carbonyl (C=O) groups is 1. The molecule has 4 aromatic rings. The molecule has 0 saturated carbocycles. The van der Waals surface area contributed by atoms with E-state index in [1.165, 1.54) is 6.07 Å². The number of H-pyrrole nitrogens is 2. The summed E-state index contributed by atoms with van der Waals surface area (Å²) >= 11 is 0. The fraction of sp³-hybridized carbons (Fsp3) is 0.240. The smallest absolute Gasteiger partial charge is 0.251 e. The van der Waals surface area contributed by atoms with E-state index in [0.717, 1.165) is 27.6 Å². The fourth-order valence-electron chi connectivity index (χ4n) is 3.83. The van der Waals surface area contributed by atoms with Crippen LogP contribution in [0.2, 0.25) is 0 Å². The lowest BCUT2D eigenvalue weighted by Gasteiger charge is -2.21. The number of aromatic amines is 2. The second kappa shape index (κ2) is 8.60. The van der Waals surface area contributed by atoms with Crippen LogP contribution in [0.5, 0.6) is 0 Å². The van der Waals surface area contributed by atoms with Crippen molar-refractivity contribution >= 4 is 16.8 Å². The highest BCUT2D eigenvalue weighted by Crippen LogP contribution is 2.25. The van der Waals surface area contributed by atoms with Crippen molar-refractivity contribution in [2.75, 3.05) is 0 Å². The van der Waals surface area contributed by atoms with Crippen molar-refractivity contribution in [1.29, 1.82) is 0 Å². The average Bonchev–Trinajstić information content (AvgIpc) is 3.15. The Hall–Kier alpha value is -3.67. The zero-order valence-electron chi connectivity index (χ0n) is 17.9. The summed E-state index contributed by atoms with van der Waals surface area (Å²) in [5.74, 6) is 0.0925. The Bertz CT molecular complexity index is 1270. The summed E-state index contributed by atoms with van der Waals surface area (Å²) in [5.41, 5.74) is 4.51. The van der Waals surface area contributed by atoms with Gasteiger partial charge in [0.2, 0.25) is 5.91 Å². The second-order valence-corrected chi connectivity index (χ2v) is 8.01. The van der Waals surface area contributed by atoms with Crippen LogP contribution < -0.4 is 10.9 Å². The molecule has 2 heterocycles. The lowest BCUT2D eigenvalue weighted by atomic mass is 9.97. The van der Waals surface area contributed by atoms with E-state index in [4.69, 9.17) is 0 Å². The van der Waals surface area contributed by atoms with E-state index < -0.39 is 6.04 Å². The number of hydrogen-bond acceptors (Lipinski definition) is 3. The second-order valence-electron chi connectivity index (χ2n) is 8.01. The molecule has 0 saturated heterocycles. The van der Waals surface area contributed by atoms with Crippen molar-refractivity contribution in [2.45, 2.75) is 39.2 Å². The van der Waals surface area contributed by atoms with Crippen LogP contribution in [0.15, 0.2) is 65.6 Å². The summed E-state index contributed by atoms with van der Waals surface area (Å²) in [6, 6.07) is 17.0. The molecule has 4 rings (SSSR count). The van der Waals surface area contributed by atoms with Crippen molar-refractivity contribution in [2.24, 2.45) is 0 Å². The topological polar surface area (TPSA) is 90.6 Å². The molecule has 0 radical (unpaired) electrons. The molecule has 0 aliphatic carbocycles. The van der Waals surface area contributed by atoms with E-state index in [1.807, 2.05) is 68.6 Å². The number of hydrogen-bond donors (Lipinski definition) is 3. The van der Waals surface area contributed by atoms with Gasteiger partial charge >= 0.3 is 0 Å². The minimum Gasteiger partial charge on any atom is -0.361 e. The predicted molar refractivity (Wildman–Crippen MR) is 122 cm³/mol. The lowest BCUT2D eigenvalue weighted by molar-refractivity contribution is -0.123. The van der Waals surface area contributed by atoms with Crippen LogP contribution in [0.4, 0.5) is 0 Å². The Kier molecular flexibility index (Phi) is 5.71. The number of aromatic nitrogens is 3. The van der Waals surface area contributed by atoms with Gasteiger partial charge in [-0.15, -0.1) is 0 Å². The summed E-state index contributed by atoms with van der Waals surface area (Å²) < 4.78 is 0. The number of aryl methyl sites for hydroxylation is 2. The van der Waals surface area contributed by atoms with Crippen LogP contribution >= 0.6 is 0 Å². The molecule has 0 spiro atoms. The summed E-state index contributed by atoms with van der Waals surface area (Å²) in [6.45, 7) is 5.65. The molecule has 6 nitrogen and oxygen atoms in total. The molecule has 6 heteroatoms. The largest absolute Gasteiger partial charge is 0.361 e. The molecule has 0 aliphatic rings. The van der Waals surface area contributed by atoms with Crippen molar-refractivity contribution in [3.8, 4) is 0 Å². The maximum atomic E-state index is 13.1. The van der Waals surface area contributed by atoms with E-state index in [1.54, 1.807) is 6.92 Å². The molecule has 2 aromatic heterocycles. The van der Waals surface area contributed by atoms with Gasteiger partial charge in [-0.05, 0) is 38.0 Å². The van der Waals surface area contributed by atoms with Gasteiger partial charge in [0.05, 0.1) is 17.7 Å². The maximum absolute atomic E-state index is 13.1. The van der Waals surface area contributed by atoms with Crippen LogP contribution in [0.1, 0.15) is 47.1 Å². The zero-order chi connectivity index (χ0) is 22.0. The van der Waals surface area contributed by atoms with Gasteiger partial charge in [0.15, 0.2) is 0 Å². The molecule has 31 heavy (non-hydrogen) atoms. The number of para-hydroxylation sites is 1. The van der Waals surface area contributed by atoms with Gasteiger partial charge < -0.3 is 15.3 Å². The lowest BCUT2D eigenvalue weighted by Crippen LogP contribution is -2.34. The molecule has 1 amide bonds. The molecule has 0 fully saturated rings. The third-order valence-electron chi connectivity index (χ3n) is 5.62. The van der Waals surface area contributed by atoms with Gasteiger partial charge in [-0.3, -0.25) is 9.59 Å². The quantitative estimate of drug-likeness (QED) is 0.444. The SMILES string of the molecule is Cc1ccc([C@H](C)C(=O)N[C@H](Cc2c[nH]c3ccccc23)c2cc(=O)[nH]c(C)n2)cc1. The number of fused-ring (bicyclic) bond motifs is 1. The molecule has 2 atom stereocenters. The van der Waals surface area contributed by atoms with Crippen molar-refractivity contribution in [1.82, 2.24) is 20.3 Å². The fourth-order valence-corrected chi connectivity index (χ4v) is 3.83. The van der Waals surface area contributed by atoms with Crippen LogP contribution in [-0.4, -0.2) is 20.9 Å². The normalized spacial score (nSPS) is 13.1. The van der Waals surface area contributed by atoms with Gasteiger partial charge in [0.1, 0.15) is 5.82 Å². The Morgan fingerprint density at radius 3 is 2.58 bits per heavy atom. The monoisotopic (exact) mass is 414 g/mol. The molecule has 3 N–H and O–H groups in total. The van der Waals surface area contributed by atoms with E-state index >= 15 is 0 Å². The van der Waals surface area contributed by atoms with Crippen LogP contribution in [0.25, 0.3) is 10.9 Å². The zero-order valence-corrected chi connectivity index (χ0v) is 17.9. The number of carbonyl (C=O) groups excluding carboxylic acids is 1. The first-order chi connectivity index (χ1) is 14.9. The first-order valence-corrected chi connectivity index (χ1v) is 10.4. The Morgan fingerprint density at radius 2 is 1.84 bits per heavy atom. The summed E-state index contributed by atoms with van der Waals surface area (Å²) in [7, 11) is 0. The molecular formula is C25H26N4O2. The number of nitrogens with zero attached hydrogens (tertiary/aromatic N) is 1. The molecule has 158 valence electrons. The highest BCUT2D eigenvalue weighted by Gasteiger charge is 2.23. The number of rotatable bonds is 6. The van der Waals surface area contributed by atoms with Gasteiger partial charge in [-0.1, -0.05) is 48.0 Å². The van der Waals surface area contributed by atoms with Gasteiger partial charge in [-0.2, -0.15) is 0 Å². The van der Waals surface area contributed by atoms with Crippen LogP contribution in [-0.2, 0) is 11.2 Å². The van der Waals surface area contributed by atoms with Gasteiger partial charge in [0.25, 0.3) is 5.56 Å². The summed E-state index contributed by atoms with van der Waals surface area (Å²) in [5, 5.41) is 4.23. The number of benzene rings is 2. The standard InChI is InChI=1S/C25H26N4O2/c1-15-8-10-18(11-9-15)16(2)25(31)29-22(23-13-24(30)28-17(3)27-23)12-19-14-26-21-7-5-4-6-20(19)21/h4-11,13-14,16,22,26H,12H2,1-3H3,(H,29,31)(H,27,28,30)/t16-,22+/m0/s1. The number of amides is 1. The molecule has 0 unspecified atom stereocenters. The van der Waals surface area contributed by atoms with E-state index in [2.05, 4.69) is 20.3 Å². The molecule has 2 aromatic carbocycles. The van der Waals surface area contributed by atoms with Crippen molar-refractivity contribution < 1.29 is 4.79 Å². The number of nitrogens with one attached hydrogen (secondary N) is 3. The minimum atomic E-state index is -0.430. The maximum Gasteiger partial charge on any atom is 0.251 e. The first-order valence-electron chi connectivity index (χ1n) is 10.4. The van der Waals surface area contributed by atoms with Crippen LogP contribution in [0.3, 0.4) is 0 Å². The Balaban J connectivity index is 1.65. The molecular weight excluding hydrogens is 388 g/mol. The minimum absolute atomic E-state index is 0.103. The van der Waals surface area contributed by atoms with Crippen molar-refractivity contribution in [3.05, 3.63) is 99.4 Å². The summed E-state index contributed by atoms with van der Waals surface area (Å²) in [4.78, 5) is 35.7.